The second-order valence-corrected chi connectivity index (χ2v) is 8.40. The van der Waals surface area contributed by atoms with Gasteiger partial charge in [-0.2, -0.15) is 0 Å². The van der Waals surface area contributed by atoms with Crippen LogP contribution in [0.1, 0.15) is 23.2 Å². The van der Waals surface area contributed by atoms with Gasteiger partial charge in [-0.25, -0.2) is 9.55 Å². The Balaban J connectivity index is 1.42. The largest absolute Gasteiger partial charge is 0.493 e. The molecule has 8 nitrogen and oxygen atoms in total. The van der Waals surface area contributed by atoms with E-state index in [0.29, 0.717) is 52.6 Å². The fourth-order valence-corrected chi connectivity index (χ4v) is 4.21. The van der Waals surface area contributed by atoms with Gasteiger partial charge in [0.15, 0.2) is 11.5 Å². The third-order valence-electron chi connectivity index (χ3n) is 5.53. The smallest absolute Gasteiger partial charge is 0.257 e. The second kappa shape index (κ2) is 9.76. The minimum Gasteiger partial charge on any atom is -0.493 e. The van der Waals surface area contributed by atoms with E-state index in [1.54, 1.807) is 26.4 Å². The van der Waals surface area contributed by atoms with Crippen LogP contribution in [0.2, 0.25) is 5.02 Å². The molecular weight excluding hydrogens is 464 g/mol. The maximum absolute atomic E-state index is 13.0. The lowest BCUT2D eigenvalue weighted by Gasteiger charge is -2.12. The van der Waals surface area contributed by atoms with Crippen molar-refractivity contribution < 1.29 is 19.1 Å². The average molecular weight is 487 g/mol. The summed E-state index contributed by atoms with van der Waals surface area (Å²) in [5.74, 6) is 1.24. The van der Waals surface area contributed by atoms with Gasteiger partial charge >= 0.3 is 0 Å². The molecule has 0 spiro atoms. The standard InChI is InChI=1S/C23H23ClN4O4S/c1-31-18-11-15-17(12-19(18)32-2)27-23(33)28-21(15)26-16(22(28)30)7-8-20(29)25-10-9-13-3-5-14(24)6-4-13/h3-6,11-12,16,26H,7-10H2,1-2H3,(H,25,29)/t16-/m1/s1. The van der Waals surface area contributed by atoms with Crippen molar-refractivity contribution in [2.24, 2.45) is 0 Å². The number of benzene rings is 2. The van der Waals surface area contributed by atoms with E-state index in [9.17, 15) is 9.59 Å². The Kier molecular flexibility index (Phi) is 6.80. The van der Waals surface area contributed by atoms with Gasteiger partial charge in [-0.3, -0.25) is 9.59 Å². The molecule has 172 valence electrons. The van der Waals surface area contributed by atoms with Crippen LogP contribution in [0.3, 0.4) is 0 Å². The number of anilines is 1. The van der Waals surface area contributed by atoms with Crippen molar-refractivity contribution in [2.75, 3.05) is 26.1 Å². The molecule has 2 N–H and O–H groups in total. The Labute approximate surface area is 200 Å². The Morgan fingerprint density at radius 3 is 2.61 bits per heavy atom. The van der Waals surface area contributed by atoms with Gasteiger partial charge in [0.25, 0.3) is 5.91 Å². The molecule has 1 atom stereocenters. The number of aromatic nitrogens is 2. The van der Waals surface area contributed by atoms with Crippen molar-refractivity contribution in [3.8, 4) is 11.5 Å². The van der Waals surface area contributed by atoms with Crippen molar-refractivity contribution in [3.63, 3.8) is 0 Å². The molecule has 1 aromatic heterocycles. The van der Waals surface area contributed by atoms with E-state index in [2.05, 4.69) is 15.6 Å². The lowest BCUT2D eigenvalue weighted by molar-refractivity contribution is -0.121. The third-order valence-corrected chi connectivity index (χ3v) is 6.05. The number of hydrogen-bond donors (Lipinski definition) is 2. The summed E-state index contributed by atoms with van der Waals surface area (Å²) in [6.45, 7) is 0.508. The van der Waals surface area contributed by atoms with Gasteiger partial charge in [-0.15, -0.1) is 0 Å². The zero-order chi connectivity index (χ0) is 23.5. The van der Waals surface area contributed by atoms with Crippen molar-refractivity contribution in [1.82, 2.24) is 14.9 Å². The molecular formula is C23H23ClN4O4S. The van der Waals surface area contributed by atoms with Crippen LogP contribution in [0.15, 0.2) is 36.4 Å². The predicted octanol–water partition coefficient (Wildman–Crippen LogP) is 4.01. The third kappa shape index (κ3) is 4.79. The van der Waals surface area contributed by atoms with Crippen molar-refractivity contribution in [2.45, 2.75) is 25.3 Å². The van der Waals surface area contributed by atoms with E-state index in [1.165, 1.54) is 4.57 Å². The molecule has 1 aliphatic heterocycles. The van der Waals surface area contributed by atoms with E-state index in [1.807, 2.05) is 24.3 Å². The van der Waals surface area contributed by atoms with Gasteiger partial charge in [0, 0.05) is 29.4 Å². The molecule has 0 fully saturated rings. The number of nitrogens with one attached hydrogen (secondary N) is 2. The first-order chi connectivity index (χ1) is 15.9. The highest BCUT2D eigenvalue weighted by atomic mass is 35.5. The summed E-state index contributed by atoms with van der Waals surface area (Å²) in [6, 6.07) is 10.4. The molecule has 0 saturated heterocycles. The molecule has 0 saturated carbocycles. The maximum atomic E-state index is 13.0. The minimum absolute atomic E-state index is 0.118. The van der Waals surface area contributed by atoms with E-state index in [4.69, 9.17) is 33.3 Å². The van der Waals surface area contributed by atoms with Crippen molar-refractivity contribution in [1.29, 1.82) is 0 Å². The summed E-state index contributed by atoms with van der Waals surface area (Å²) in [6.07, 6.45) is 1.23. The molecule has 2 heterocycles. The zero-order valence-electron chi connectivity index (χ0n) is 18.2. The monoisotopic (exact) mass is 486 g/mol. The molecule has 3 aromatic rings. The van der Waals surface area contributed by atoms with Gasteiger partial charge in [0.1, 0.15) is 11.9 Å². The predicted molar refractivity (Wildman–Crippen MR) is 129 cm³/mol. The molecule has 1 amide bonds. The lowest BCUT2D eigenvalue weighted by atomic mass is 10.1. The number of halogens is 1. The van der Waals surface area contributed by atoms with Gasteiger partial charge in [-0.05, 0) is 48.8 Å². The van der Waals surface area contributed by atoms with Crippen LogP contribution in [-0.2, 0) is 11.2 Å². The number of hydrogen-bond acceptors (Lipinski definition) is 7. The van der Waals surface area contributed by atoms with E-state index in [-0.39, 0.29) is 23.0 Å². The summed E-state index contributed by atoms with van der Waals surface area (Å²) in [5.41, 5.74) is 1.67. The summed E-state index contributed by atoms with van der Waals surface area (Å²) in [5, 5.41) is 7.47. The van der Waals surface area contributed by atoms with Crippen LogP contribution in [0, 0.1) is 4.77 Å². The zero-order valence-corrected chi connectivity index (χ0v) is 19.8. The van der Waals surface area contributed by atoms with E-state index < -0.39 is 6.04 Å². The number of methoxy groups -OCH3 is 2. The molecule has 33 heavy (non-hydrogen) atoms. The summed E-state index contributed by atoms with van der Waals surface area (Å²) >= 11 is 11.2. The van der Waals surface area contributed by atoms with E-state index >= 15 is 0 Å². The molecule has 0 unspecified atom stereocenters. The van der Waals surface area contributed by atoms with Crippen molar-refractivity contribution >= 4 is 52.4 Å². The fraction of sp³-hybridized carbons (Fsp3) is 0.304. The Morgan fingerprint density at radius 1 is 1.21 bits per heavy atom. The average Bonchev–Trinajstić information content (AvgIpc) is 3.15. The van der Waals surface area contributed by atoms with Crippen LogP contribution < -0.4 is 20.1 Å². The lowest BCUT2D eigenvalue weighted by Crippen LogP contribution is -2.30. The molecule has 4 rings (SSSR count). The highest BCUT2D eigenvalue weighted by Crippen LogP contribution is 2.36. The number of rotatable bonds is 8. The summed E-state index contributed by atoms with van der Waals surface area (Å²) in [7, 11) is 3.08. The van der Waals surface area contributed by atoms with Crippen LogP contribution in [-0.4, -0.2) is 48.2 Å². The quantitative estimate of drug-likeness (QED) is 0.464. The normalized spacial score (nSPS) is 14.6. The number of nitrogens with zero attached hydrogens (tertiary/aromatic N) is 2. The number of carbonyl (C=O) groups is 2. The molecule has 0 radical (unpaired) electrons. The van der Waals surface area contributed by atoms with Gasteiger partial charge in [-0.1, -0.05) is 23.7 Å². The van der Waals surface area contributed by atoms with Crippen LogP contribution in [0.5, 0.6) is 11.5 Å². The van der Waals surface area contributed by atoms with E-state index in [0.717, 1.165) is 5.56 Å². The number of fused-ring (bicyclic) bond motifs is 3. The Morgan fingerprint density at radius 2 is 1.91 bits per heavy atom. The Bertz CT molecular complexity index is 1280. The number of amides is 1. The molecule has 1 aliphatic rings. The highest BCUT2D eigenvalue weighted by Gasteiger charge is 2.32. The first kappa shape index (κ1) is 23.0. The van der Waals surface area contributed by atoms with Crippen LogP contribution >= 0.6 is 23.8 Å². The topological polar surface area (TPSA) is 94.5 Å². The van der Waals surface area contributed by atoms with Gasteiger partial charge in [0.05, 0.1) is 19.7 Å². The number of carbonyl (C=O) groups excluding carboxylic acids is 2. The minimum atomic E-state index is -0.575. The summed E-state index contributed by atoms with van der Waals surface area (Å²) in [4.78, 5) is 29.7. The summed E-state index contributed by atoms with van der Waals surface area (Å²) < 4.78 is 12.2. The molecule has 2 aromatic carbocycles. The first-order valence-corrected chi connectivity index (χ1v) is 11.2. The molecule has 10 heteroatoms. The Hall–Kier alpha value is -3.17. The molecule has 0 aliphatic carbocycles. The SMILES string of the molecule is COc1cc2nc(=S)n3c(c2cc1OC)N[C@H](CCC(=O)NCCc1ccc(Cl)cc1)C3=O. The van der Waals surface area contributed by atoms with Crippen LogP contribution in [0.4, 0.5) is 5.82 Å². The van der Waals surface area contributed by atoms with Gasteiger partial charge in [0.2, 0.25) is 10.7 Å². The fourth-order valence-electron chi connectivity index (χ4n) is 3.81. The maximum Gasteiger partial charge on any atom is 0.257 e. The number of ether oxygens (including phenoxy) is 2. The first-order valence-electron chi connectivity index (χ1n) is 10.4. The molecule has 0 bridgehead atoms. The second-order valence-electron chi connectivity index (χ2n) is 7.60. The van der Waals surface area contributed by atoms with Crippen LogP contribution in [0.25, 0.3) is 10.9 Å². The highest BCUT2D eigenvalue weighted by molar-refractivity contribution is 7.71. The van der Waals surface area contributed by atoms with Crippen molar-refractivity contribution in [3.05, 3.63) is 51.8 Å². The van der Waals surface area contributed by atoms with Gasteiger partial charge < -0.3 is 20.1 Å².